The highest BCUT2D eigenvalue weighted by Crippen LogP contribution is 2.29. The van der Waals surface area contributed by atoms with Crippen molar-refractivity contribution in [1.82, 2.24) is 0 Å². The monoisotopic (exact) mass is 446 g/mol. The molecule has 0 amide bonds. The molecule has 1 aliphatic rings. The maximum atomic E-state index is 12.1. The van der Waals surface area contributed by atoms with Crippen LogP contribution in [-0.4, -0.2) is 70.1 Å². The van der Waals surface area contributed by atoms with E-state index < -0.39 is 42.6 Å². The smallest absolute Gasteiger partial charge is 0.229 e. The Morgan fingerprint density at radius 2 is 1.72 bits per heavy atom. The first-order valence-corrected chi connectivity index (χ1v) is 10.6. The standard InChI is InChI=1S/C24H30O8/c1-3-6-17(25)19(26)23-21(28)20(27)22(29)24(32-23)31-18-8-5-4-7-15(18)13-14-9-11-16(30-2)12-10-14/h4-5,7-12,19-24,26-29H,3,6,13H2,1-2H3/t19?,20-,21-,22+,23+,24-/m0/s1. The Bertz CT molecular complexity index is 884. The van der Waals surface area contributed by atoms with Crippen molar-refractivity contribution in [1.29, 1.82) is 0 Å². The number of rotatable bonds is 9. The quantitative estimate of drug-likeness (QED) is 0.453. The minimum absolute atomic E-state index is 0.0998. The van der Waals surface area contributed by atoms with Crippen LogP contribution in [0, 0.1) is 0 Å². The van der Waals surface area contributed by atoms with E-state index in [4.69, 9.17) is 14.2 Å². The van der Waals surface area contributed by atoms with Gasteiger partial charge in [-0.1, -0.05) is 37.3 Å². The molecule has 6 atom stereocenters. The second-order valence-corrected chi connectivity index (χ2v) is 7.85. The minimum Gasteiger partial charge on any atom is -0.497 e. The molecule has 0 aliphatic carbocycles. The molecule has 1 fully saturated rings. The average Bonchev–Trinajstić information content (AvgIpc) is 2.80. The largest absolute Gasteiger partial charge is 0.497 e. The maximum absolute atomic E-state index is 12.1. The molecule has 1 heterocycles. The van der Waals surface area contributed by atoms with Crippen LogP contribution in [0.15, 0.2) is 48.5 Å². The van der Waals surface area contributed by atoms with Crippen molar-refractivity contribution < 1.29 is 39.4 Å². The first kappa shape index (κ1) is 24.2. The maximum Gasteiger partial charge on any atom is 0.229 e. The molecule has 1 unspecified atom stereocenters. The van der Waals surface area contributed by atoms with E-state index in [9.17, 15) is 25.2 Å². The molecule has 174 valence electrons. The zero-order chi connectivity index (χ0) is 23.3. The number of ether oxygens (including phenoxy) is 3. The predicted molar refractivity (Wildman–Crippen MR) is 115 cm³/mol. The normalized spacial score (nSPS) is 26.4. The lowest BCUT2D eigenvalue weighted by Crippen LogP contribution is -2.63. The van der Waals surface area contributed by atoms with Crippen molar-refractivity contribution in [3.05, 3.63) is 59.7 Å². The Kier molecular flexibility index (Phi) is 8.22. The lowest BCUT2D eigenvalue weighted by Gasteiger charge is -2.41. The molecule has 1 saturated heterocycles. The van der Waals surface area contributed by atoms with Gasteiger partial charge in [-0.25, -0.2) is 0 Å². The van der Waals surface area contributed by atoms with E-state index in [1.807, 2.05) is 36.4 Å². The highest BCUT2D eigenvalue weighted by molar-refractivity contribution is 5.83. The van der Waals surface area contributed by atoms with E-state index in [0.717, 1.165) is 16.9 Å². The number of benzene rings is 2. The second kappa shape index (κ2) is 10.9. The molecule has 2 aromatic carbocycles. The van der Waals surface area contributed by atoms with Crippen molar-refractivity contribution in [3.63, 3.8) is 0 Å². The van der Waals surface area contributed by atoms with Gasteiger partial charge in [0.1, 0.15) is 42.0 Å². The molecular formula is C24H30O8. The van der Waals surface area contributed by atoms with Gasteiger partial charge < -0.3 is 34.6 Å². The summed E-state index contributed by atoms with van der Waals surface area (Å²) in [6.45, 7) is 1.78. The molecular weight excluding hydrogens is 416 g/mol. The Hall–Kier alpha value is -2.49. The molecule has 8 heteroatoms. The lowest BCUT2D eigenvalue weighted by atomic mass is 9.92. The molecule has 0 spiro atoms. The van der Waals surface area contributed by atoms with Crippen LogP contribution in [0.1, 0.15) is 30.9 Å². The van der Waals surface area contributed by atoms with Gasteiger partial charge in [0, 0.05) is 12.8 Å². The molecule has 3 rings (SSSR count). The highest BCUT2D eigenvalue weighted by atomic mass is 16.7. The van der Waals surface area contributed by atoms with Crippen molar-refractivity contribution in [3.8, 4) is 11.5 Å². The average molecular weight is 446 g/mol. The summed E-state index contributed by atoms with van der Waals surface area (Å²) in [6.07, 6.45) is -8.20. The summed E-state index contributed by atoms with van der Waals surface area (Å²) >= 11 is 0. The van der Waals surface area contributed by atoms with Crippen molar-refractivity contribution in [2.45, 2.75) is 63.0 Å². The molecule has 0 bridgehead atoms. The molecule has 0 radical (unpaired) electrons. The van der Waals surface area contributed by atoms with E-state index >= 15 is 0 Å². The van der Waals surface area contributed by atoms with E-state index in [2.05, 4.69) is 0 Å². The number of carbonyl (C=O) groups excluding carboxylic acids is 1. The topological polar surface area (TPSA) is 126 Å². The minimum atomic E-state index is -1.66. The predicted octanol–water partition coefficient (Wildman–Crippen LogP) is 1.20. The number of aliphatic hydroxyl groups excluding tert-OH is 4. The van der Waals surface area contributed by atoms with E-state index in [0.29, 0.717) is 18.6 Å². The van der Waals surface area contributed by atoms with Crippen LogP contribution in [0.2, 0.25) is 0 Å². The first-order valence-electron chi connectivity index (χ1n) is 10.6. The second-order valence-electron chi connectivity index (χ2n) is 7.85. The number of hydrogen-bond donors (Lipinski definition) is 4. The van der Waals surface area contributed by atoms with Gasteiger partial charge in [-0.2, -0.15) is 0 Å². The van der Waals surface area contributed by atoms with E-state index in [-0.39, 0.29) is 6.42 Å². The van der Waals surface area contributed by atoms with Crippen LogP contribution < -0.4 is 9.47 Å². The SMILES string of the molecule is CCCC(=O)C(O)[C@H]1O[C@H](Oc2ccccc2Cc2ccc(OC)cc2)[C@H](O)[C@@H](O)[C@@H]1O. The van der Waals surface area contributed by atoms with E-state index in [1.165, 1.54) is 0 Å². The Morgan fingerprint density at radius 3 is 2.38 bits per heavy atom. The molecule has 1 aliphatic heterocycles. The van der Waals surface area contributed by atoms with Crippen molar-refractivity contribution in [2.75, 3.05) is 7.11 Å². The Balaban J connectivity index is 1.78. The summed E-state index contributed by atoms with van der Waals surface area (Å²) in [5.41, 5.74) is 1.80. The van der Waals surface area contributed by atoms with Crippen LogP contribution in [0.25, 0.3) is 0 Å². The van der Waals surface area contributed by atoms with E-state index in [1.54, 1.807) is 26.2 Å². The van der Waals surface area contributed by atoms with Crippen molar-refractivity contribution in [2.24, 2.45) is 0 Å². The van der Waals surface area contributed by atoms with Crippen LogP contribution in [0.5, 0.6) is 11.5 Å². The van der Waals surface area contributed by atoms with Gasteiger partial charge in [-0.3, -0.25) is 4.79 Å². The zero-order valence-electron chi connectivity index (χ0n) is 18.1. The van der Waals surface area contributed by atoms with Crippen molar-refractivity contribution >= 4 is 5.78 Å². The Morgan fingerprint density at radius 1 is 1.03 bits per heavy atom. The van der Waals surface area contributed by atoms with Gasteiger partial charge >= 0.3 is 0 Å². The van der Waals surface area contributed by atoms with Gasteiger partial charge in [0.25, 0.3) is 0 Å². The van der Waals surface area contributed by atoms with Crippen LogP contribution in [-0.2, 0) is 16.0 Å². The summed E-state index contributed by atoms with van der Waals surface area (Å²) in [4.78, 5) is 12.1. The fourth-order valence-electron chi connectivity index (χ4n) is 3.66. The fourth-order valence-corrected chi connectivity index (χ4v) is 3.66. The first-order chi connectivity index (χ1) is 15.3. The number of methoxy groups -OCH3 is 1. The molecule has 8 nitrogen and oxygen atoms in total. The lowest BCUT2D eigenvalue weighted by molar-refractivity contribution is -0.285. The summed E-state index contributed by atoms with van der Waals surface area (Å²) in [6, 6.07) is 14.7. The number of hydrogen-bond acceptors (Lipinski definition) is 8. The molecule has 32 heavy (non-hydrogen) atoms. The molecule has 2 aromatic rings. The summed E-state index contributed by atoms with van der Waals surface area (Å²) in [5.74, 6) is 0.634. The third-order valence-corrected chi connectivity index (χ3v) is 5.51. The highest BCUT2D eigenvalue weighted by Gasteiger charge is 2.49. The van der Waals surface area contributed by atoms with Gasteiger partial charge in [-0.05, 0) is 35.7 Å². The zero-order valence-corrected chi connectivity index (χ0v) is 18.1. The summed E-state index contributed by atoms with van der Waals surface area (Å²) in [5, 5.41) is 41.3. The fraction of sp³-hybridized carbons (Fsp3) is 0.458. The van der Waals surface area contributed by atoms with Crippen LogP contribution >= 0.6 is 0 Å². The van der Waals surface area contributed by atoms with Gasteiger partial charge in [-0.15, -0.1) is 0 Å². The van der Waals surface area contributed by atoms with Crippen LogP contribution in [0.3, 0.4) is 0 Å². The molecule has 4 N–H and O–H groups in total. The number of Topliss-reactive ketones (excluding diaryl/α,β-unsaturated/α-hetero) is 1. The van der Waals surface area contributed by atoms with Crippen LogP contribution in [0.4, 0.5) is 0 Å². The molecule has 0 saturated carbocycles. The van der Waals surface area contributed by atoms with Gasteiger partial charge in [0.05, 0.1) is 7.11 Å². The Labute approximate surface area is 187 Å². The number of carbonyl (C=O) groups is 1. The third kappa shape index (κ3) is 5.46. The summed E-state index contributed by atoms with van der Waals surface area (Å²) in [7, 11) is 1.60. The molecule has 0 aromatic heterocycles. The van der Waals surface area contributed by atoms with Gasteiger partial charge in [0.2, 0.25) is 6.29 Å². The van der Waals surface area contributed by atoms with Gasteiger partial charge in [0.15, 0.2) is 5.78 Å². The summed E-state index contributed by atoms with van der Waals surface area (Å²) < 4.78 is 16.6. The number of para-hydroxylation sites is 1. The number of ketones is 1. The third-order valence-electron chi connectivity index (χ3n) is 5.51. The number of aliphatic hydroxyl groups is 4.